The minimum absolute atomic E-state index is 0.00795. The largest absolute Gasteiger partial charge is 0.378 e. The molecule has 184 valence electrons. The Labute approximate surface area is 208 Å². The summed E-state index contributed by atoms with van der Waals surface area (Å²) in [5, 5.41) is 0.839. The summed E-state index contributed by atoms with van der Waals surface area (Å²) in [6.45, 7) is 5.45. The number of morpholine rings is 1. The molecule has 10 nitrogen and oxygen atoms in total. The lowest BCUT2D eigenvalue weighted by Gasteiger charge is -2.35. The summed E-state index contributed by atoms with van der Waals surface area (Å²) in [6.07, 6.45) is 1.60. The number of hydrogen-bond acceptors (Lipinski definition) is 10. The second-order valence-corrected chi connectivity index (χ2v) is 9.36. The number of ether oxygens (including phenoxy) is 2. The van der Waals surface area contributed by atoms with Gasteiger partial charge in [-0.1, -0.05) is 42.1 Å². The van der Waals surface area contributed by atoms with Gasteiger partial charge in [-0.2, -0.15) is 4.98 Å². The van der Waals surface area contributed by atoms with E-state index in [4.69, 9.17) is 19.4 Å². The lowest BCUT2D eigenvalue weighted by atomic mass is 10.2. The van der Waals surface area contributed by atoms with Crippen molar-refractivity contribution >= 4 is 40.5 Å². The first kappa shape index (κ1) is 23.7. The molecule has 2 aromatic heterocycles. The van der Waals surface area contributed by atoms with Gasteiger partial charge in [-0.05, 0) is 5.56 Å². The number of benzene rings is 1. The van der Waals surface area contributed by atoms with Crippen molar-refractivity contribution in [3.8, 4) is 0 Å². The van der Waals surface area contributed by atoms with Crippen molar-refractivity contribution in [3.63, 3.8) is 0 Å². The number of piperazine rings is 1. The van der Waals surface area contributed by atoms with Crippen LogP contribution >= 0.6 is 11.8 Å². The molecule has 0 aliphatic carbocycles. The Hall–Kier alpha value is -3.02. The van der Waals surface area contributed by atoms with Crippen LogP contribution in [-0.2, 0) is 20.0 Å². The van der Waals surface area contributed by atoms with E-state index in [9.17, 15) is 4.79 Å². The number of aromatic nitrogens is 4. The fourth-order valence-electron chi connectivity index (χ4n) is 4.24. The molecule has 0 bridgehead atoms. The van der Waals surface area contributed by atoms with E-state index in [1.807, 2.05) is 23.1 Å². The zero-order valence-electron chi connectivity index (χ0n) is 19.8. The number of anilines is 2. The Balaban J connectivity index is 1.46. The van der Waals surface area contributed by atoms with Gasteiger partial charge in [0.15, 0.2) is 5.82 Å². The molecule has 2 saturated heterocycles. The maximum Gasteiger partial charge on any atom is 0.248 e. The van der Waals surface area contributed by atoms with Crippen LogP contribution in [0.1, 0.15) is 5.56 Å². The SMILES string of the molecule is COCC(=O)N1CCN(c2nc(N3CCOCC3)c3ncnc(SCc4ccccc4)c3n2)CC1. The summed E-state index contributed by atoms with van der Waals surface area (Å²) in [5.74, 6) is 2.26. The van der Waals surface area contributed by atoms with E-state index in [0.29, 0.717) is 45.3 Å². The second-order valence-electron chi connectivity index (χ2n) is 8.40. The molecule has 35 heavy (non-hydrogen) atoms. The molecular weight excluding hydrogens is 466 g/mol. The van der Waals surface area contributed by atoms with Gasteiger partial charge < -0.3 is 24.2 Å². The van der Waals surface area contributed by atoms with Crippen molar-refractivity contribution < 1.29 is 14.3 Å². The Morgan fingerprint density at radius 2 is 1.74 bits per heavy atom. The molecule has 5 rings (SSSR count). The Morgan fingerprint density at radius 3 is 2.49 bits per heavy atom. The zero-order chi connectivity index (χ0) is 24.0. The van der Waals surface area contributed by atoms with Crippen LogP contribution in [0.3, 0.4) is 0 Å². The van der Waals surface area contributed by atoms with E-state index in [1.165, 1.54) is 5.56 Å². The van der Waals surface area contributed by atoms with Gasteiger partial charge in [-0.3, -0.25) is 4.79 Å². The van der Waals surface area contributed by atoms with Gasteiger partial charge in [0.05, 0.1) is 13.2 Å². The van der Waals surface area contributed by atoms with Gasteiger partial charge >= 0.3 is 0 Å². The van der Waals surface area contributed by atoms with Crippen LogP contribution in [-0.4, -0.2) is 96.9 Å². The molecule has 3 aromatic rings. The first-order valence-corrected chi connectivity index (χ1v) is 12.8. The summed E-state index contributed by atoms with van der Waals surface area (Å²) in [4.78, 5) is 37.5. The molecule has 0 unspecified atom stereocenters. The normalized spacial score (nSPS) is 16.7. The van der Waals surface area contributed by atoms with E-state index in [0.717, 1.165) is 40.7 Å². The maximum absolute atomic E-state index is 12.2. The summed E-state index contributed by atoms with van der Waals surface area (Å²) >= 11 is 1.65. The fraction of sp³-hybridized carbons (Fsp3) is 0.458. The predicted molar refractivity (Wildman–Crippen MR) is 135 cm³/mol. The first-order chi connectivity index (χ1) is 17.2. The van der Waals surface area contributed by atoms with Crippen molar-refractivity contribution in [1.82, 2.24) is 24.8 Å². The number of rotatable bonds is 7. The highest BCUT2D eigenvalue weighted by Gasteiger charge is 2.26. The quantitative estimate of drug-likeness (QED) is 0.357. The molecule has 1 amide bonds. The van der Waals surface area contributed by atoms with Crippen molar-refractivity contribution in [3.05, 3.63) is 42.2 Å². The summed E-state index contributed by atoms with van der Waals surface area (Å²) in [5.41, 5.74) is 2.75. The lowest BCUT2D eigenvalue weighted by Crippen LogP contribution is -2.50. The van der Waals surface area contributed by atoms with Crippen LogP contribution in [0.15, 0.2) is 41.7 Å². The molecule has 1 aromatic carbocycles. The van der Waals surface area contributed by atoms with Crippen molar-refractivity contribution in [2.45, 2.75) is 10.8 Å². The number of carbonyl (C=O) groups is 1. The van der Waals surface area contributed by atoms with Crippen LogP contribution in [0.5, 0.6) is 0 Å². The van der Waals surface area contributed by atoms with Crippen LogP contribution in [0.25, 0.3) is 11.0 Å². The number of carbonyl (C=O) groups excluding carboxylic acids is 1. The van der Waals surface area contributed by atoms with E-state index in [2.05, 4.69) is 31.9 Å². The molecule has 4 heterocycles. The van der Waals surface area contributed by atoms with Crippen molar-refractivity contribution in [1.29, 1.82) is 0 Å². The Morgan fingerprint density at radius 1 is 0.971 bits per heavy atom. The van der Waals surface area contributed by atoms with Crippen molar-refractivity contribution in [2.75, 3.05) is 76.0 Å². The monoisotopic (exact) mass is 495 g/mol. The molecule has 2 aliphatic heterocycles. The standard InChI is InChI=1S/C24H29N7O3S/c1-33-15-19(32)29-7-9-31(10-8-29)24-27-21-20(22(28-24)30-11-13-34-14-12-30)25-17-26-23(21)35-16-18-5-3-2-4-6-18/h2-6,17H,7-16H2,1H3. The fourth-order valence-corrected chi connectivity index (χ4v) is 5.14. The molecule has 0 N–H and O–H groups in total. The van der Waals surface area contributed by atoms with Gasteiger partial charge in [0.2, 0.25) is 11.9 Å². The number of methoxy groups -OCH3 is 1. The number of fused-ring (bicyclic) bond motifs is 1. The van der Waals surface area contributed by atoms with Crippen LogP contribution in [0.4, 0.5) is 11.8 Å². The highest BCUT2D eigenvalue weighted by atomic mass is 32.2. The van der Waals surface area contributed by atoms with Crippen LogP contribution < -0.4 is 9.80 Å². The summed E-state index contributed by atoms with van der Waals surface area (Å²) < 4.78 is 10.6. The second kappa shape index (κ2) is 11.1. The third kappa shape index (κ3) is 5.47. The maximum atomic E-state index is 12.2. The first-order valence-electron chi connectivity index (χ1n) is 11.8. The highest BCUT2D eigenvalue weighted by molar-refractivity contribution is 7.98. The Kier molecular flexibility index (Phi) is 7.55. The third-order valence-electron chi connectivity index (χ3n) is 6.13. The average Bonchev–Trinajstić information content (AvgIpc) is 2.92. The molecule has 0 radical (unpaired) electrons. The van der Waals surface area contributed by atoms with Crippen LogP contribution in [0, 0.1) is 0 Å². The average molecular weight is 496 g/mol. The third-order valence-corrected chi connectivity index (χ3v) is 7.18. The molecule has 2 fully saturated rings. The van der Waals surface area contributed by atoms with E-state index < -0.39 is 0 Å². The lowest BCUT2D eigenvalue weighted by molar-refractivity contribution is -0.135. The molecule has 0 spiro atoms. The van der Waals surface area contributed by atoms with Gasteiger partial charge in [0.1, 0.15) is 29.0 Å². The number of amides is 1. The van der Waals surface area contributed by atoms with E-state index in [1.54, 1.807) is 25.2 Å². The molecule has 11 heteroatoms. The number of nitrogens with zero attached hydrogens (tertiary/aromatic N) is 7. The highest BCUT2D eigenvalue weighted by Crippen LogP contribution is 2.32. The number of thioether (sulfide) groups is 1. The predicted octanol–water partition coefficient (Wildman–Crippen LogP) is 1.84. The molecule has 2 aliphatic rings. The zero-order valence-corrected chi connectivity index (χ0v) is 20.6. The summed E-state index contributed by atoms with van der Waals surface area (Å²) in [6, 6.07) is 10.3. The Bertz CT molecular complexity index is 1150. The van der Waals surface area contributed by atoms with Gasteiger partial charge in [-0.15, -0.1) is 0 Å². The van der Waals surface area contributed by atoms with Gasteiger partial charge in [0.25, 0.3) is 0 Å². The van der Waals surface area contributed by atoms with Crippen molar-refractivity contribution in [2.24, 2.45) is 0 Å². The minimum atomic E-state index is 0.00795. The van der Waals surface area contributed by atoms with E-state index in [-0.39, 0.29) is 12.5 Å². The van der Waals surface area contributed by atoms with Gasteiger partial charge in [0, 0.05) is 52.1 Å². The molecule has 0 saturated carbocycles. The van der Waals surface area contributed by atoms with Crippen LogP contribution in [0.2, 0.25) is 0 Å². The number of hydrogen-bond donors (Lipinski definition) is 0. The minimum Gasteiger partial charge on any atom is -0.378 e. The molecular formula is C24H29N7O3S. The topological polar surface area (TPSA) is 96.8 Å². The smallest absolute Gasteiger partial charge is 0.248 e. The van der Waals surface area contributed by atoms with E-state index >= 15 is 0 Å². The summed E-state index contributed by atoms with van der Waals surface area (Å²) in [7, 11) is 1.54. The molecule has 0 atom stereocenters. The van der Waals surface area contributed by atoms with Gasteiger partial charge in [-0.25, -0.2) is 15.0 Å².